The van der Waals surface area contributed by atoms with Crippen LogP contribution in [0.3, 0.4) is 0 Å². The molecule has 1 amide bonds. The van der Waals surface area contributed by atoms with Gasteiger partial charge in [0.2, 0.25) is 5.91 Å². The molecule has 0 unspecified atom stereocenters. The summed E-state index contributed by atoms with van der Waals surface area (Å²) in [5.74, 6) is -0.104. The lowest BCUT2D eigenvalue weighted by atomic mass is 10.1. The van der Waals surface area contributed by atoms with E-state index in [1.165, 1.54) is 19.1 Å². The molecule has 23 heavy (non-hydrogen) atoms. The monoisotopic (exact) mass is 308 g/mol. The zero-order valence-electron chi connectivity index (χ0n) is 12.6. The van der Waals surface area contributed by atoms with Crippen molar-refractivity contribution < 1.29 is 9.72 Å². The minimum absolute atomic E-state index is 0.0738. The van der Waals surface area contributed by atoms with Crippen LogP contribution in [-0.2, 0) is 4.79 Å². The second-order valence-corrected chi connectivity index (χ2v) is 4.87. The minimum Gasteiger partial charge on any atom is -0.326 e. The zero-order valence-corrected chi connectivity index (χ0v) is 12.6. The Morgan fingerprint density at radius 2 is 1.70 bits per heavy atom. The van der Waals surface area contributed by atoms with Crippen LogP contribution in [0.1, 0.15) is 18.1 Å². The van der Waals surface area contributed by atoms with E-state index < -0.39 is 4.92 Å². The van der Waals surface area contributed by atoms with Gasteiger partial charge in [-0.15, -0.1) is 0 Å². The first kappa shape index (κ1) is 16.2. The lowest BCUT2D eigenvalue weighted by Gasteiger charge is -2.01. The standard InChI is InChI=1S/C18H16N2O3/c1-14(21)19-17-11-9-15(10-12-17)5-2-3-6-16-7-4-8-18(13-16)20(22)23/h2-13H,1H3,(H,19,21)/b5-2-,6-3-. The Balaban J connectivity index is 1.99. The van der Waals surface area contributed by atoms with E-state index in [1.54, 1.807) is 18.2 Å². The van der Waals surface area contributed by atoms with Crippen LogP contribution >= 0.6 is 0 Å². The van der Waals surface area contributed by atoms with E-state index in [0.29, 0.717) is 0 Å². The van der Waals surface area contributed by atoms with E-state index in [4.69, 9.17) is 0 Å². The molecule has 0 aliphatic rings. The number of amides is 1. The van der Waals surface area contributed by atoms with Crippen LogP contribution in [0.5, 0.6) is 0 Å². The third kappa shape index (κ3) is 5.24. The number of benzene rings is 2. The van der Waals surface area contributed by atoms with E-state index >= 15 is 0 Å². The van der Waals surface area contributed by atoms with Crippen LogP contribution in [0.2, 0.25) is 0 Å². The topological polar surface area (TPSA) is 72.2 Å². The maximum Gasteiger partial charge on any atom is 0.270 e. The lowest BCUT2D eigenvalue weighted by Crippen LogP contribution is -2.05. The van der Waals surface area contributed by atoms with Gasteiger partial charge in [0, 0.05) is 24.7 Å². The van der Waals surface area contributed by atoms with E-state index in [-0.39, 0.29) is 11.6 Å². The number of nitrogens with one attached hydrogen (secondary N) is 1. The molecule has 0 fully saturated rings. The highest BCUT2D eigenvalue weighted by atomic mass is 16.6. The molecule has 0 radical (unpaired) electrons. The predicted octanol–water partition coefficient (Wildman–Crippen LogP) is 4.28. The Hall–Kier alpha value is -3.21. The highest BCUT2D eigenvalue weighted by Gasteiger charge is 2.03. The largest absolute Gasteiger partial charge is 0.326 e. The zero-order chi connectivity index (χ0) is 16.7. The van der Waals surface area contributed by atoms with Crippen molar-refractivity contribution >= 4 is 29.4 Å². The number of nitro benzene ring substituents is 1. The maximum atomic E-state index is 10.9. The number of carbonyl (C=O) groups excluding carboxylic acids is 1. The third-order valence-electron chi connectivity index (χ3n) is 3.00. The van der Waals surface area contributed by atoms with Crippen molar-refractivity contribution in [3.63, 3.8) is 0 Å². The first-order valence-corrected chi connectivity index (χ1v) is 7.01. The molecular weight excluding hydrogens is 292 g/mol. The number of nitrogens with zero attached hydrogens (tertiary/aromatic N) is 1. The molecule has 5 heteroatoms. The summed E-state index contributed by atoms with van der Waals surface area (Å²) in [4.78, 5) is 21.2. The summed E-state index contributed by atoms with van der Waals surface area (Å²) in [6.07, 6.45) is 7.38. The molecule has 2 aromatic rings. The Bertz CT molecular complexity index is 762. The summed E-state index contributed by atoms with van der Waals surface area (Å²) in [5.41, 5.74) is 2.58. The number of allylic oxidation sites excluding steroid dienone is 2. The first-order chi connectivity index (χ1) is 11.0. The van der Waals surface area contributed by atoms with Crippen LogP contribution in [0.15, 0.2) is 60.7 Å². The molecule has 116 valence electrons. The van der Waals surface area contributed by atoms with Crippen molar-refractivity contribution in [1.82, 2.24) is 0 Å². The molecule has 0 heterocycles. The summed E-state index contributed by atoms with van der Waals surface area (Å²) in [7, 11) is 0. The molecule has 0 saturated carbocycles. The molecule has 0 spiro atoms. The molecule has 2 rings (SSSR count). The predicted molar refractivity (Wildman–Crippen MR) is 91.9 cm³/mol. The normalized spacial score (nSPS) is 11.0. The fraction of sp³-hybridized carbons (Fsp3) is 0.0556. The van der Waals surface area contributed by atoms with E-state index in [9.17, 15) is 14.9 Å². The molecule has 0 aromatic heterocycles. The Morgan fingerprint density at radius 3 is 2.30 bits per heavy atom. The molecule has 0 aliphatic carbocycles. The minimum atomic E-state index is -0.413. The van der Waals surface area contributed by atoms with E-state index in [1.807, 2.05) is 42.5 Å². The second kappa shape index (κ2) is 7.70. The van der Waals surface area contributed by atoms with Gasteiger partial charge in [-0.1, -0.05) is 48.6 Å². The van der Waals surface area contributed by atoms with Crippen molar-refractivity contribution in [1.29, 1.82) is 0 Å². The number of rotatable bonds is 5. The number of nitro groups is 1. The fourth-order valence-corrected chi connectivity index (χ4v) is 1.96. The molecule has 0 atom stereocenters. The summed E-state index contributed by atoms with van der Waals surface area (Å²) < 4.78 is 0. The Morgan fingerprint density at radius 1 is 1.04 bits per heavy atom. The van der Waals surface area contributed by atoms with Crippen molar-refractivity contribution in [3.05, 3.63) is 81.9 Å². The number of carbonyl (C=O) groups is 1. The van der Waals surface area contributed by atoms with Crippen LogP contribution in [0.25, 0.3) is 12.2 Å². The van der Waals surface area contributed by atoms with Crippen LogP contribution in [0, 0.1) is 10.1 Å². The lowest BCUT2D eigenvalue weighted by molar-refractivity contribution is -0.384. The third-order valence-corrected chi connectivity index (χ3v) is 3.00. The van der Waals surface area contributed by atoms with Crippen LogP contribution in [0.4, 0.5) is 11.4 Å². The van der Waals surface area contributed by atoms with Crippen molar-refractivity contribution in [2.24, 2.45) is 0 Å². The van der Waals surface area contributed by atoms with Crippen molar-refractivity contribution in [2.45, 2.75) is 6.92 Å². The van der Waals surface area contributed by atoms with Gasteiger partial charge in [0.25, 0.3) is 5.69 Å². The van der Waals surface area contributed by atoms with E-state index in [0.717, 1.165) is 16.8 Å². The molecule has 0 bridgehead atoms. The van der Waals surface area contributed by atoms with Gasteiger partial charge in [-0.2, -0.15) is 0 Å². The number of non-ortho nitro benzene ring substituents is 1. The SMILES string of the molecule is CC(=O)Nc1ccc(/C=C\C=C/c2cccc([N+](=O)[O-])c2)cc1. The van der Waals surface area contributed by atoms with Gasteiger partial charge >= 0.3 is 0 Å². The van der Waals surface area contributed by atoms with Crippen LogP contribution in [-0.4, -0.2) is 10.8 Å². The van der Waals surface area contributed by atoms with Gasteiger partial charge in [-0.25, -0.2) is 0 Å². The van der Waals surface area contributed by atoms with Gasteiger partial charge < -0.3 is 5.32 Å². The van der Waals surface area contributed by atoms with Crippen LogP contribution < -0.4 is 5.32 Å². The summed E-state index contributed by atoms with van der Waals surface area (Å²) in [6, 6.07) is 13.9. The average molecular weight is 308 g/mol. The molecular formula is C18H16N2O3. The van der Waals surface area contributed by atoms with Gasteiger partial charge in [0.15, 0.2) is 0 Å². The molecule has 1 N–H and O–H groups in total. The van der Waals surface area contributed by atoms with Gasteiger partial charge in [-0.05, 0) is 23.3 Å². The fourth-order valence-electron chi connectivity index (χ4n) is 1.96. The first-order valence-electron chi connectivity index (χ1n) is 7.01. The average Bonchev–Trinajstić information content (AvgIpc) is 2.53. The van der Waals surface area contributed by atoms with E-state index in [2.05, 4.69) is 5.32 Å². The van der Waals surface area contributed by atoms with Gasteiger partial charge in [0.05, 0.1) is 4.92 Å². The molecule has 2 aromatic carbocycles. The number of anilines is 1. The van der Waals surface area contributed by atoms with Gasteiger partial charge in [0.1, 0.15) is 0 Å². The summed E-state index contributed by atoms with van der Waals surface area (Å²) >= 11 is 0. The van der Waals surface area contributed by atoms with Gasteiger partial charge in [-0.3, -0.25) is 14.9 Å². The quantitative estimate of drug-likeness (QED) is 0.509. The second-order valence-electron chi connectivity index (χ2n) is 4.87. The Kier molecular flexibility index (Phi) is 5.41. The smallest absolute Gasteiger partial charge is 0.270 e. The molecule has 0 saturated heterocycles. The summed E-state index contributed by atoms with van der Waals surface area (Å²) in [5, 5.41) is 13.4. The number of hydrogen-bond acceptors (Lipinski definition) is 3. The van der Waals surface area contributed by atoms with Crippen molar-refractivity contribution in [3.8, 4) is 0 Å². The summed E-state index contributed by atoms with van der Waals surface area (Å²) in [6.45, 7) is 1.46. The number of hydrogen-bond donors (Lipinski definition) is 1. The van der Waals surface area contributed by atoms with Crippen molar-refractivity contribution in [2.75, 3.05) is 5.32 Å². The Labute approximate surface area is 134 Å². The highest BCUT2D eigenvalue weighted by Crippen LogP contribution is 2.14. The molecule has 0 aliphatic heterocycles. The maximum absolute atomic E-state index is 10.9. The molecule has 5 nitrogen and oxygen atoms in total. The highest BCUT2D eigenvalue weighted by molar-refractivity contribution is 5.88.